The third-order valence-electron chi connectivity index (χ3n) is 3.22. The van der Waals surface area contributed by atoms with E-state index in [9.17, 15) is 9.18 Å². The summed E-state index contributed by atoms with van der Waals surface area (Å²) in [6.07, 6.45) is 1.38. The van der Waals surface area contributed by atoms with Crippen LogP contribution in [0.2, 0.25) is 0 Å². The number of benzene rings is 1. The molecule has 1 amide bonds. The number of amides is 1. The Bertz CT molecular complexity index is 613. The molecule has 2 aromatic rings. The van der Waals surface area contributed by atoms with Gasteiger partial charge in [0, 0.05) is 6.54 Å². The Hall–Kier alpha value is -2.35. The molecule has 1 unspecified atom stereocenters. The van der Waals surface area contributed by atoms with E-state index in [1.807, 2.05) is 13.8 Å². The molecule has 0 bridgehead atoms. The van der Waals surface area contributed by atoms with E-state index in [2.05, 4.69) is 20.8 Å². The second-order valence-electron chi connectivity index (χ2n) is 4.99. The van der Waals surface area contributed by atoms with Crippen LogP contribution in [0.4, 0.5) is 10.1 Å². The first-order valence-corrected chi connectivity index (χ1v) is 6.56. The fourth-order valence-corrected chi connectivity index (χ4v) is 1.94. The molecule has 8 heteroatoms. The van der Waals surface area contributed by atoms with E-state index in [0.717, 1.165) is 0 Å². The Labute approximate surface area is 121 Å². The van der Waals surface area contributed by atoms with Crippen LogP contribution in [0.25, 0.3) is 5.69 Å². The highest BCUT2D eigenvalue weighted by atomic mass is 19.1. The lowest BCUT2D eigenvalue weighted by atomic mass is 9.95. The number of anilines is 1. The van der Waals surface area contributed by atoms with E-state index >= 15 is 0 Å². The van der Waals surface area contributed by atoms with Gasteiger partial charge in [0.25, 0.3) is 0 Å². The van der Waals surface area contributed by atoms with Crippen LogP contribution in [0.1, 0.15) is 13.8 Å². The predicted molar refractivity (Wildman–Crippen MR) is 75.1 cm³/mol. The number of rotatable bonds is 5. The fraction of sp³-hybridized carbons (Fsp3) is 0.385. The predicted octanol–water partition coefficient (Wildman–Crippen LogP) is 0.971. The third kappa shape index (κ3) is 3.40. The lowest BCUT2D eigenvalue weighted by Crippen LogP contribution is -2.33. The summed E-state index contributed by atoms with van der Waals surface area (Å²) in [6, 6.07) is 4.24. The van der Waals surface area contributed by atoms with E-state index in [-0.39, 0.29) is 30.0 Å². The molecular formula is C13H17FN6O. The van der Waals surface area contributed by atoms with Crippen molar-refractivity contribution >= 4 is 11.6 Å². The van der Waals surface area contributed by atoms with Crippen LogP contribution in [-0.2, 0) is 4.79 Å². The largest absolute Gasteiger partial charge is 0.330 e. The summed E-state index contributed by atoms with van der Waals surface area (Å²) in [5, 5.41) is 13.3. The van der Waals surface area contributed by atoms with Crippen LogP contribution < -0.4 is 11.1 Å². The van der Waals surface area contributed by atoms with Crippen LogP contribution in [0, 0.1) is 17.7 Å². The van der Waals surface area contributed by atoms with Crippen molar-refractivity contribution < 1.29 is 9.18 Å². The summed E-state index contributed by atoms with van der Waals surface area (Å²) in [7, 11) is 0. The SMILES string of the molecule is CC(C)C(CN)C(=O)Nc1cc(-n2cnnn2)ccc1F. The molecule has 0 aliphatic carbocycles. The van der Waals surface area contributed by atoms with Crippen LogP contribution in [0.5, 0.6) is 0 Å². The molecule has 1 atom stereocenters. The minimum Gasteiger partial charge on any atom is -0.330 e. The maximum atomic E-state index is 13.8. The number of hydrogen-bond acceptors (Lipinski definition) is 5. The van der Waals surface area contributed by atoms with Gasteiger partial charge in [-0.1, -0.05) is 13.8 Å². The van der Waals surface area contributed by atoms with E-state index in [0.29, 0.717) is 5.69 Å². The molecule has 1 heterocycles. The Kier molecular flexibility index (Phi) is 4.59. The molecule has 112 valence electrons. The van der Waals surface area contributed by atoms with Crippen molar-refractivity contribution in [1.29, 1.82) is 0 Å². The fourth-order valence-electron chi connectivity index (χ4n) is 1.94. The number of nitrogens with two attached hydrogens (primary N) is 1. The number of carbonyl (C=O) groups excluding carboxylic acids is 1. The molecular weight excluding hydrogens is 275 g/mol. The quantitative estimate of drug-likeness (QED) is 0.855. The van der Waals surface area contributed by atoms with Gasteiger partial charge in [-0.05, 0) is 34.5 Å². The molecule has 2 rings (SSSR count). The summed E-state index contributed by atoms with van der Waals surface area (Å²) < 4.78 is 15.2. The number of carbonyl (C=O) groups is 1. The zero-order valence-electron chi connectivity index (χ0n) is 11.8. The second-order valence-corrected chi connectivity index (χ2v) is 4.99. The van der Waals surface area contributed by atoms with Crippen molar-refractivity contribution in [2.45, 2.75) is 13.8 Å². The van der Waals surface area contributed by atoms with E-state index in [1.54, 1.807) is 0 Å². The van der Waals surface area contributed by atoms with Gasteiger partial charge in [-0.3, -0.25) is 4.79 Å². The molecule has 0 aliphatic rings. The number of hydrogen-bond donors (Lipinski definition) is 2. The lowest BCUT2D eigenvalue weighted by Gasteiger charge is -2.18. The second kappa shape index (κ2) is 6.40. The van der Waals surface area contributed by atoms with Crippen LogP contribution in [-0.4, -0.2) is 32.7 Å². The van der Waals surface area contributed by atoms with Gasteiger partial charge >= 0.3 is 0 Å². The molecule has 21 heavy (non-hydrogen) atoms. The average molecular weight is 292 g/mol. The lowest BCUT2D eigenvalue weighted by molar-refractivity contribution is -0.120. The summed E-state index contributed by atoms with van der Waals surface area (Å²) in [6.45, 7) is 3.99. The van der Waals surface area contributed by atoms with Gasteiger partial charge in [0.2, 0.25) is 5.91 Å². The number of halogens is 1. The summed E-state index contributed by atoms with van der Waals surface area (Å²) in [5.74, 6) is -1.14. The first-order chi connectivity index (χ1) is 10.0. The Morgan fingerprint density at radius 2 is 2.24 bits per heavy atom. The number of tetrazole rings is 1. The van der Waals surface area contributed by atoms with E-state index < -0.39 is 5.82 Å². The zero-order chi connectivity index (χ0) is 15.4. The molecule has 0 saturated carbocycles. The van der Waals surface area contributed by atoms with Crippen molar-refractivity contribution in [2.75, 3.05) is 11.9 Å². The Morgan fingerprint density at radius 1 is 1.48 bits per heavy atom. The monoisotopic (exact) mass is 292 g/mol. The smallest absolute Gasteiger partial charge is 0.229 e. The van der Waals surface area contributed by atoms with Gasteiger partial charge in [0.05, 0.1) is 17.3 Å². The van der Waals surface area contributed by atoms with Crippen LogP contribution >= 0.6 is 0 Å². The van der Waals surface area contributed by atoms with Gasteiger partial charge < -0.3 is 11.1 Å². The Balaban J connectivity index is 2.23. The zero-order valence-corrected chi connectivity index (χ0v) is 11.8. The number of nitrogens with one attached hydrogen (secondary N) is 1. The first-order valence-electron chi connectivity index (χ1n) is 6.56. The molecule has 1 aromatic carbocycles. The highest BCUT2D eigenvalue weighted by molar-refractivity contribution is 5.93. The summed E-state index contributed by atoms with van der Waals surface area (Å²) in [4.78, 5) is 12.1. The van der Waals surface area contributed by atoms with Gasteiger partial charge in [-0.2, -0.15) is 0 Å². The van der Waals surface area contributed by atoms with E-state index in [1.165, 1.54) is 29.2 Å². The minimum atomic E-state index is -0.528. The molecule has 0 saturated heterocycles. The van der Waals surface area contributed by atoms with Crippen molar-refractivity contribution in [3.05, 3.63) is 30.3 Å². The third-order valence-corrected chi connectivity index (χ3v) is 3.22. The number of aromatic nitrogens is 4. The molecule has 0 radical (unpaired) electrons. The average Bonchev–Trinajstić information content (AvgIpc) is 2.95. The Morgan fingerprint density at radius 3 is 2.81 bits per heavy atom. The highest BCUT2D eigenvalue weighted by Crippen LogP contribution is 2.20. The van der Waals surface area contributed by atoms with Crippen LogP contribution in [0.15, 0.2) is 24.5 Å². The summed E-state index contributed by atoms with van der Waals surface area (Å²) >= 11 is 0. The van der Waals surface area contributed by atoms with Gasteiger partial charge in [0.15, 0.2) is 0 Å². The molecule has 0 aliphatic heterocycles. The highest BCUT2D eigenvalue weighted by Gasteiger charge is 2.21. The minimum absolute atomic E-state index is 0.0701. The van der Waals surface area contributed by atoms with Gasteiger partial charge in [0.1, 0.15) is 12.1 Å². The molecule has 1 aromatic heterocycles. The topological polar surface area (TPSA) is 98.7 Å². The maximum absolute atomic E-state index is 13.8. The van der Waals surface area contributed by atoms with E-state index in [4.69, 9.17) is 5.73 Å². The normalized spacial score (nSPS) is 12.4. The first kappa shape index (κ1) is 15.0. The van der Waals surface area contributed by atoms with Crippen LogP contribution in [0.3, 0.4) is 0 Å². The maximum Gasteiger partial charge on any atom is 0.229 e. The molecule has 0 spiro atoms. The van der Waals surface area contributed by atoms with Crippen molar-refractivity contribution in [1.82, 2.24) is 20.2 Å². The van der Waals surface area contributed by atoms with Crippen molar-refractivity contribution in [2.24, 2.45) is 17.6 Å². The van der Waals surface area contributed by atoms with Gasteiger partial charge in [-0.15, -0.1) is 5.10 Å². The van der Waals surface area contributed by atoms with Crippen molar-refractivity contribution in [3.8, 4) is 5.69 Å². The summed E-state index contributed by atoms with van der Waals surface area (Å²) in [5.41, 5.74) is 6.21. The standard InChI is InChI=1S/C13H17FN6O/c1-8(2)10(6-15)13(21)17-12-5-9(3-4-11(12)14)20-7-16-18-19-20/h3-5,7-8,10H,6,15H2,1-2H3,(H,17,21). The van der Waals surface area contributed by atoms with Gasteiger partial charge in [-0.25, -0.2) is 9.07 Å². The molecule has 7 nitrogen and oxygen atoms in total. The number of nitrogens with zero attached hydrogens (tertiary/aromatic N) is 4. The van der Waals surface area contributed by atoms with Crippen molar-refractivity contribution in [3.63, 3.8) is 0 Å². The molecule has 0 fully saturated rings. The molecule has 3 N–H and O–H groups in total.